The van der Waals surface area contributed by atoms with Crippen molar-refractivity contribution in [3.05, 3.63) is 61.0 Å². The SMILES string of the molecule is C[C@H](Cn1ccnc1)NCc1ccc(-n2cncn2)c(F)c1. The molecule has 1 N–H and O–H groups in total. The summed E-state index contributed by atoms with van der Waals surface area (Å²) in [4.78, 5) is 7.83. The van der Waals surface area contributed by atoms with E-state index in [9.17, 15) is 4.39 Å². The van der Waals surface area contributed by atoms with Gasteiger partial charge in [0.2, 0.25) is 0 Å². The fraction of sp³-hybridized carbons (Fsp3) is 0.267. The first-order chi connectivity index (χ1) is 10.7. The van der Waals surface area contributed by atoms with Gasteiger partial charge in [0.1, 0.15) is 24.2 Å². The normalized spacial score (nSPS) is 12.5. The van der Waals surface area contributed by atoms with E-state index in [-0.39, 0.29) is 11.9 Å². The molecule has 1 atom stereocenters. The summed E-state index contributed by atoms with van der Waals surface area (Å²) in [5, 5.41) is 7.30. The zero-order valence-corrected chi connectivity index (χ0v) is 12.2. The summed E-state index contributed by atoms with van der Waals surface area (Å²) in [5.41, 5.74) is 1.28. The van der Waals surface area contributed by atoms with Gasteiger partial charge in [-0.2, -0.15) is 5.10 Å². The molecule has 3 rings (SSSR count). The van der Waals surface area contributed by atoms with Gasteiger partial charge in [0.25, 0.3) is 0 Å². The molecule has 1 aromatic carbocycles. The average Bonchev–Trinajstić information content (AvgIpc) is 3.18. The Morgan fingerprint density at radius 2 is 2.18 bits per heavy atom. The summed E-state index contributed by atoms with van der Waals surface area (Å²) in [5.74, 6) is -0.313. The van der Waals surface area contributed by atoms with Crippen LogP contribution in [0.1, 0.15) is 12.5 Å². The maximum atomic E-state index is 14.1. The molecule has 7 heteroatoms. The molecule has 0 fully saturated rings. The van der Waals surface area contributed by atoms with E-state index in [1.165, 1.54) is 23.4 Å². The number of nitrogens with one attached hydrogen (secondary N) is 1. The van der Waals surface area contributed by atoms with Crippen molar-refractivity contribution in [2.45, 2.75) is 26.1 Å². The van der Waals surface area contributed by atoms with Crippen LogP contribution in [0.25, 0.3) is 5.69 Å². The number of nitrogens with zero attached hydrogens (tertiary/aromatic N) is 5. The van der Waals surface area contributed by atoms with Gasteiger partial charge in [-0.05, 0) is 24.6 Å². The minimum absolute atomic E-state index is 0.257. The molecule has 6 nitrogen and oxygen atoms in total. The first-order valence-electron chi connectivity index (χ1n) is 7.05. The van der Waals surface area contributed by atoms with E-state index in [0.717, 1.165) is 12.1 Å². The molecule has 114 valence electrons. The van der Waals surface area contributed by atoms with Crippen LogP contribution < -0.4 is 5.32 Å². The van der Waals surface area contributed by atoms with E-state index >= 15 is 0 Å². The van der Waals surface area contributed by atoms with E-state index in [4.69, 9.17) is 0 Å². The van der Waals surface area contributed by atoms with Crippen molar-refractivity contribution in [3.8, 4) is 5.69 Å². The van der Waals surface area contributed by atoms with Gasteiger partial charge < -0.3 is 9.88 Å². The molecule has 0 aliphatic rings. The molecule has 0 amide bonds. The van der Waals surface area contributed by atoms with Gasteiger partial charge in [0.15, 0.2) is 0 Å². The van der Waals surface area contributed by atoms with Crippen molar-refractivity contribution in [1.82, 2.24) is 29.6 Å². The van der Waals surface area contributed by atoms with Crippen molar-refractivity contribution < 1.29 is 4.39 Å². The van der Waals surface area contributed by atoms with Crippen LogP contribution in [0.4, 0.5) is 4.39 Å². The molecule has 3 aromatic rings. The predicted molar refractivity (Wildman–Crippen MR) is 79.8 cm³/mol. The van der Waals surface area contributed by atoms with Crippen LogP contribution >= 0.6 is 0 Å². The Bertz CT molecular complexity index is 708. The summed E-state index contributed by atoms with van der Waals surface area (Å²) in [6, 6.07) is 5.37. The highest BCUT2D eigenvalue weighted by Gasteiger charge is 2.07. The van der Waals surface area contributed by atoms with E-state index in [2.05, 4.69) is 27.3 Å². The second-order valence-corrected chi connectivity index (χ2v) is 5.17. The summed E-state index contributed by atoms with van der Waals surface area (Å²) in [6.45, 7) is 3.50. The van der Waals surface area contributed by atoms with Crippen LogP contribution in [0, 0.1) is 5.82 Å². The minimum atomic E-state index is -0.313. The van der Waals surface area contributed by atoms with Crippen molar-refractivity contribution >= 4 is 0 Å². The quantitative estimate of drug-likeness (QED) is 0.754. The lowest BCUT2D eigenvalue weighted by molar-refractivity contribution is 0.475. The Balaban J connectivity index is 1.60. The third-order valence-corrected chi connectivity index (χ3v) is 3.38. The topological polar surface area (TPSA) is 60.6 Å². The first-order valence-corrected chi connectivity index (χ1v) is 7.05. The molecule has 2 heterocycles. The maximum absolute atomic E-state index is 14.1. The van der Waals surface area contributed by atoms with Crippen molar-refractivity contribution in [2.75, 3.05) is 0 Å². The van der Waals surface area contributed by atoms with Gasteiger partial charge in [-0.1, -0.05) is 6.07 Å². The van der Waals surface area contributed by atoms with Crippen LogP contribution in [0.2, 0.25) is 0 Å². The minimum Gasteiger partial charge on any atom is -0.336 e. The third-order valence-electron chi connectivity index (χ3n) is 3.38. The third kappa shape index (κ3) is 3.37. The molecular weight excluding hydrogens is 283 g/mol. The number of rotatable bonds is 6. The lowest BCUT2D eigenvalue weighted by Crippen LogP contribution is -2.29. The maximum Gasteiger partial charge on any atom is 0.149 e. The number of imidazole rings is 1. The number of aromatic nitrogens is 5. The smallest absolute Gasteiger partial charge is 0.149 e. The standard InChI is InChI=1S/C15H17FN6/c1-12(8-21-5-4-17-10-21)19-7-13-2-3-15(14(16)6-13)22-11-18-9-20-22/h2-6,9-12,19H,7-8H2,1H3/t12-/m1/s1. The van der Waals surface area contributed by atoms with Crippen LogP contribution in [0.3, 0.4) is 0 Å². The zero-order chi connectivity index (χ0) is 15.4. The van der Waals surface area contributed by atoms with Crippen molar-refractivity contribution in [1.29, 1.82) is 0 Å². The summed E-state index contributed by atoms with van der Waals surface area (Å²) >= 11 is 0. The molecule has 0 saturated carbocycles. The highest BCUT2D eigenvalue weighted by Crippen LogP contribution is 2.14. The van der Waals surface area contributed by atoms with Gasteiger partial charge in [-0.3, -0.25) is 0 Å². The second kappa shape index (κ2) is 6.48. The van der Waals surface area contributed by atoms with Gasteiger partial charge >= 0.3 is 0 Å². The van der Waals surface area contributed by atoms with Crippen LogP contribution in [0.15, 0.2) is 49.6 Å². The Morgan fingerprint density at radius 3 is 2.86 bits per heavy atom. The summed E-state index contributed by atoms with van der Waals surface area (Å²) in [6.07, 6.45) is 8.32. The molecule has 0 spiro atoms. The van der Waals surface area contributed by atoms with E-state index in [1.807, 2.05) is 16.8 Å². The molecule has 0 unspecified atom stereocenters. The molecule has 2 aromatic heterocycles. The van der Waals surface area contributed by atoms with Crippen LogP contribution in [-0.2, 0) is 13.1 Å². The lowest BCUT2D eigenvalue weighted by Gasteiger charge is -2.14. The molecule has 0 aliphatic heterocycles. The number of hydrogen-bond acceptors (Lipinski definition) is 4. The lowest BCUT2D eigenvalue weighted by atomic mass is 10.2. The van der Waals surface area contributed by atoms with E-state index < -0.39 is 0 Å². The molecule has 0 bridgehead atoms. The highest BCUT2D eigenvalue weighted by molar-refractivity contribution is 5.35. The van der Waals surface area contributed by atoms with Gasteiger partial charge in [0, 0.05) is 31.5 Å². The Morgan fingerprint density at radius 1 is 1.27 bits per heavy atom. The average molecular weight is 300 g/mol. The predicted octanol–water partition coefficient (Wildman–Crippen LogP) is 1.78. The fourth-order valence-electron chi connectivity index (χ4n) is 2.25. The number of hydrogen-bond donors (Lipinski definition) is 1. The van der Waals surface area contributed by atoms with Crippen molar-refractivity contribution in [3.63, 3.8) is 0 Å². The Kier molecular flexibility index (Phi) is 4.24. The summed E-state index contributed by atoms with van der Waals surface area (Å²) in [7, 11) is 0. The molecule has 0 radical (unpaired) electrons. The zero-order valence-electron chi connectivity index (χ0n) is 12.2. The second-order valence-electron chi connectivity index (χ2n) is 5.17. The fourth-order valence-corrected chi connectivity index (χ4v) is 2.25. The largest absolute Gasteiger partial charge is 0.336 e. The van der Waals surface area contributed by atoms with Crippen molar-refractivity contribution in [2.24, 2.45) is 0 Å². The molecular formula is C15H17FN6. The van der Waals surface area contributed by atoms with Crippen LogP contribution in [-0.4, -0.2) is 30.4 Å². The highest BCUT2D eigenvalue weighted by atomic mass is 19.1. The van der Waals surface area contributed by atoms with Gasteiger partial charge in [-0.15, -0.1) is 0 Å². The number of benzene rings is 1. The van der Waals surface area contributed by atoms with Gasteiger partial charge in [-0.25, -0.2) is 19.0 Å². The first kappa shape index (κ1) is 14.4. The van der Waals surface area contributed by atoms with E-state index in [0.29, 0.717) is 12.2 Å². The number of halogens is 1. The Hall–Kier alpha value is -2.54. The molecule has 0 saturated heterocycles. The monoisotopic (exact) mass is 300 g/mol. The Labute approximate surface area is 127 Å². The molecule has 22 heavy (non-hydrogen) atoms. The molecule has 0 aliphatic carbocycles. The summed E-state index contributed by atoms with van der Waals surface area (Å²) < 4.78 is 17.5. The van der Waals surface area contributed by atoms with Crippen LogP contribution in [0.5, 0.6) is 0 Å². The van der Waals surface area contributed by atoms with E-state index in [1.54, 1.807) is 18.6 Å². The van der Waals surface area contributed by atoms with Gasteiger partial charge in [0.05, 0.1) is 6.33 Å².